The summed E-state index contributed by atoms with van der Waals surface area (Å²) in [6.45, 7) is 0. The Balaban J connectivity index is 1.74. The molecule has 3 heterocycles. The quantitative estimate of drug-likeness (QED) is 0.508. The summed E-state index contributed by atoms with van der Waals surface area (Å²) in [5, 5.41) is 4.63. The van der Waals surface area contributed by atoms with Crippen LogP contribution >= 0.6 is 11.6 Å². The Labute approximate surface area is 172 Å². The number of benzene rings is 1. The zero-order chi connectivity index (χ0) is 20.4. The van der Waals surface area contributed by atoms with E-state index in [4.69, 9.17) is 25.8 Å². The summed E-state index contributed by atoms with van der Waals surface area (Å²) in [4.78, 5) is 13.2. The number of anilines is 2. The predicted molar refractivity (Wildman–Crippen MR) is 111 cm³/mol. The van der Waals surface area contributed by atoms with E-state index in [0.29, 0.717) is 39.6 Å². The first-order valence-electron chi connectivity index (χ1n) is 8.65. The zero-order valence-corrected chi connectivity index (χ0v) is 16.8. The van der Waals surface area contributed by atoms with E-state index in [2.05, 4.69) is 20.3 Å². The molecular formula is C20H18ClN5O3. The summed E-state index contributed by atoms with van der Waals surface area (Å²) in [5.74, 6) is 1.98. The van der Waals surface area contributed by atoms with Crippen LogP contribution in [0.25, 0.3) is 16.7 Å². The topological polar surface area (TPSA) is 83.3 Å². The Morgan fingerprint density at radius 2 is 1.76 bits per heavy atom. The van der Waals surface area contributed by atoms with E-state index in [1.807, 2.05) is 16.8 Å². The molecule has 9 heteroatoms. The lowest BCUT2D eigenvalue weighted by atomic mass is 10.2. The number of nitrogens with one attached hydrogen (secondary N) is 1. The third kappa shape index (κ3) is 3.50. The van der Waals surface area contributed by atoms with Crippen molar-refractivity contribution in [1.29, 1.82) is 0 Å². The van der Waals surface area contributed by atoms with Crippen LogP contribution in [0, 0.1) is 0 Å². The summed E-state index contributed by atoms with van der Waals surface area (Å²) < 4.78 is 18.0. The number of ether oxygens (including phenoxy) is 3. The Bertz CT molecular complexity index is 1150. The molecule has 0 aliphatic rings. The second-order valence-electron chi connectivity index (χ2n) is 6.02. The fraction of sp³-hybridized carbons (Fsp3) is 0.150. The van der Waals surface area contributed by atoms with Crippen molar-refractivity contribution in [2.75, 3.05) is 26.6 Å². The number of fused-ring (bicyclic) bond motifs is 1. The molecule has 0 spiro atoms. The number of hydrogen-bond acceptors (Lipinski definition) is 7. The van der Waals surface area contributed by atoms with Crippen molar-refractivity contribution in [3.8, 4) is 22.9 Å². The minimum atomic E-state index is 0.409. The highest BCUT2D eigenvalue weighted by Crippen LogP contribution is 2.40. The lowest BCUT2D eigenvalue weighted by molar-refractivity contribution is 0.324. The Morgan fingerprint density at radius 3 is 2.41 bits per heavy atom. The largest absolute Gasteiger partial charge is 0.493 e. The molecule has 0 unspecified atom stereocenters. The second kappa shape index (κ2) is 7.84. The van der Waals surface area contributed by atoms with Gasteiger partial charge < -0.3 is 19.5 Å². The highest BCUT2D eigenvalue weighted by molar-refractivity contribution is 6.32. The van der Waals surface area contributed by atoms with Crippen LogP contribution in [0.15, 0.2) is 49.1 Å². The molecule has 0 bridgehead atoms. The van der Waals surface area contributed by atoms with Crippen molar-refractivity contribution < 1.29 is 14.2 Å². The number of nitrogens with zero attached hydrogens (tertiary/aromatic N) is 4. The standard InChI is InChI=1S/C20H18ClN5O3/c1-27-16-8-13(9-17(28-2)18(16)29-3)24-20-23-10-12-5-7-26(19(12)25-20)15-11-22-6-4-14(15)21/h4-11H,1-3H3,(H,23,24,25). The first-order chi connectivity index (χ1) is 14.1. The summed E-state index contributed by atoms with van der Waals surface area (Å²) in [6, 6.07) is 7.22. The molecule has 8 nitrogen and oxygen atoms in total. The number of halogens is 1. The van der Waals surface area contributed by atoms with Crippen LogP contribution in [0.3, 0.4) is 0 Å². The van der Waals surface area contributed by atoms with Crippen LogP contribution in [0.5, 0.6) is 17.2 Å². The van der Waals surface area contributed by atoms with E-state index < -0.39 is 0 Å². The Hall–Kier alpha value is -3.52. The molecule has 0 saturated carbocycles. The average Bonchev–Trinajstić information content (AvgIpc) is 3.16. The van der Waals surface area contributed by atoms with Gasteiger partial charge in [-0.3, -0.25) is 9.55 Å². The lowest BCUT2D eigenvalue weighted by Crippen LogP contribution is -2.02. The van der Waals surface area contributed by atoms with Gasteiger partial charge in [0, 0.05) is 41.8 Å². The van der Waals surface area contributed by atoms with Crippen molar-refractivity contribution in [1.82, 2.24) is 19.5 Å². The highest BCUT2D eigenvalue weighted by Gasteiger charge is 2.15. The summed E-state index contributed by atoms with van der Waals surface area (Å²) in [7, 11) is 4.69. The average molecular weight is 412 g/mol. The number of rotatable bonds is 6. The maximum Gasteiger partial charge on any atom is 0.229 e. The number of pyridine rings is 1. The fourth-order valence-electron chi connectivity index (χ4n) is 3.00. The third-order valence-corrected chi connectivity index (χ3v) is 4.68. The molecule has 1 N–H and O–H groups in total. The molecule has 0 radical (unpaired) electrons. The van der Waals surface area contributed by atoms with E-state index in [-0.39, 0.29) is 0 Å². The van der Waals surface area contributed by atoms with Gasteiger partial charge in [0.05, 0.1) is 38.2 Å². The molecule has 3 aromatic heterocycles. The highest BCUT2D eigenvalue weighted by atomic mass is 35.5. The van der Waals surface area contributed by atoms with Gasteiger partial charge in [-0.2, -0.15) is 4.98 Å². The smallest absolute Gasteiger partial charge is 0.229 e. The van der Waals surface area contributed by atoms with Crippen molar-refractivity contribution >= 4 is 34.3 Å². The molecular weight excluding hydrogens is 394 g/mol. The normalized spacial score (nSPS) is 10.8. The van der Waals surface area contributed by atoms with Gasteiger partial charge >= 0.3 is 0 Å². The van der Waals surface area contributed by atoms with Crippen molar-refractivity contribution in [2.45, 2.75) is 0 Å². The molecule has 4 aromatic rings. The van der Waals surface area contributed by atoms with Gasteiger partial charge in [-0.05, 0) is 12.1 Å². The van der Waals surface area contributed by atoms with Crippen molar-refractivity contribution in [3.63, 3.8) is 0 Å². The molecule has 1 aromatic carbocycles. The summed E-state index contributed by atoms with van der Waals surface area (Å²) in [5.41, 5.74) is 2.13. The van der Waals surface area contributed by atoms with E-state index in [0.717, 1.165) is 11.1 Å². The monoisotopic (exact) mass is 411 g/mol. The van der Waals surface area contributed by atoms with Gasteiger partial charge in [0.15, 0.2) is 11.5 Å². The molecule has 0 amide bonds. The maximum absolute atomic E-state index is 6.32. The lowest BCUT2D eigenvalue weighted by Gasteiger charge is -2.14. The molecule has 0 aliphatic carbocycles. The Morgan fingerprint density at radius 1 is 1.00 bits per heavy atom. The zero-order valence-electron chi connectivity index (χ0n) is 16.0. The van der Waals surface area contributed by atoms with Gasteiger partial charge in [-0.25, -0.2) is 4.98 Å². The molecule has 4 rings (SSSR count). The second-order valence-corrected chi connectivity index (χ2v) is 6.43. The molecule has 148 valence electrons. The van der Waals surface area contributed by atoms with Crippen LogP contribution < -0.4 is 19.5 Å². The minimum Gasteiger partial charge on any atom is -0.493 e. The van der Waals surface area contributed by atoms with Crippen LogP contribution in [0.1, 0.15) is 0 Å². The summed E-state index contributed by atoms with van der Waals surface area (Å²) in [6.07, 6.45) is 6.95. The SMILES string of the molecule is COc1cc(Nc2ncc3ccn(-c4cnccc4Cl)c3n2)cc(OC)c1OC. The number of aromatic nitrogens is 4. The molecule has 0 atom stereocenters. The fourth-order valence-corrected chi connectivity index (χ4v) is 3.20. The first-order valence-corrected chi connectivity index (χ1v) is 9.03. The van der Waals surface area contributed by atoms with Gasteiger partial charge in [0.2, 0.25) is 11.7 Å². The van der Waals surface area contributed by atoms with E-state index in [1.165, 1.54) is 0 Å². The molecule has 29 heavy (non-hydrogen) atoms. The van der Waals surface area contributed by atoms with E-state index in [9.17, 15) is 0 Å². The van der Waals surface area contributed by atoms with Gasteiger partial charge in [0.25, 0.3) is 0 Å². The first kappa shape index (κ1) is 18.8. The van der Waals surface area contributed by atoms with Gasteiger partial charge in [-0.15, -0.1) is 0 Å². The van der Waals surface area contributed by atoms with Crippen LogP contribution in [-0.4, -0.2) is 40.8 Å². The number of hydrogen-bond donors (Lipinski definition) is 1. The number of methoxy groups -OCH3 is 3. The van der Waals surface area contributed by atoms with Crippen molar-refractivity contribution in [3.05, 3.63) is 54.1 Å². The Kier molecular flexibility index (Phi) is 5.09. The maximum atomic E-state index is 6.32. The van der Waals surface area contributed by atoms with E-state index in [1.54, 1.807) is 58.1 Å². The minimum absolute atomic E-state index is 0.409. The molecule has 0 saturated heterocycles. The molecule has 0 aliphatic heterocycles. The molecule has 0 fully saturated rings. The third-order valence-electron chi connectivity index (χ3n) is 4.36. The van der Waals surface area contributed by atoms with Crippen LogP contribution in [0.4, 0.5) is 11.6 Å². The van der Waals surface area contributed by atoms with E-state index >= 15 is 0 Å². The van der Waals surface area contributed by atoms with Gasteiger partial charge in [-0.1, -0.05) is 11.6 Å². The van der Waals surface area contributed by atoms with Crippen molar-refractivity contribution in [2.24, 2.45) is 0 Å². The van der Waals surface area contributed by atoms with Crippen LogP contribution in [-0.2, 0) is 0 Å². The predicted octanol–water partition coefficient (Wildman–Crippen LogP) is 4.24. The summed E-state index contributed by atoms with van der Waals surface area (Å²) >= 11 is 6.32. The van der Waals surface area contributed by atoms with Gasteiger partial charge in [0.1, 0.15) is 5.65 Å². The van der Waals surface area contributed by atoms with Crippen LogP contribution in [0.2, 0.25) is 5.02 Å².